The van der Waals surface area contributed by atoms with Crippen LogP contribution in [0.3, 0.4) is 0 Å². The van der Waals surface area contributed by atoms with Crippen LogP contribution in [-0.2, 0) is 6.61 Å². The van der Waals surface area contributed by atoms with Crippen LogP contribution in [0, 0.1) is 6.92 Å². The minimum absolute atomic E-state index is 0.571. The number of rotatable bonds is 4. The minimum atomic E-state index is 0.571. The molecule has 110 valence electrons. The Morgan fingerprint density at radius 3 is 2.57 bits per heavy atom. The Labute approximate surface area is 135 Å². The molecular weight excluding hydrogens is 296 g/mol. The molecule has 0 spiro atoms. The van der Waals surface area contributed by atoms with Crippen LogP contribution in [0.1, 0.15) is 27.7 Å². The summed E-state index contributed by atoms with van der Waals surface area (Å²) >= 11 is 4.10. The van der Waals surface area contributed by atoms with Gasteiger partial charge in [-0.3, -0.25) is 0 Å². The first-order chi connectivity index (χ1) is 10.3. The van der Waals surface area contributed by atoms with Crippen molar-refractivity contribution in [3.63, 3.8) is 0 Å². The number of hydrogen-bond donors (Lipinski definition) is 0. The fourth-order valence-electron chi connectivity index (χ4n) is 2.28. The smallest absolute Gasteiger partial charge is 0.120 e. The first-order valence-electron chi connectivity index (χ1n) is 7.33. The third-order valence-corrected chi connectivity index (χ3v) is 6.50. The van der Waals surface area contributed by atoms with Gasteiger partial charge in [-0.2, -0.15) is 0 Å². The highest BCUT2D eigenvalue weighted by Gasteiger charge is 2.16. The van der Waals surface area contributed by atoms with Gasteiger partial charge in [0.15, 0.2) is 0 Å². The molecule has 1 aliphatic rings. The zero-order valence-electron chi connectivity index (χ0n) is 12.2. The van der Waals surface area contributed by atoms with E-state index in [2.05, 4.69) is 55.5 Å². The first kappa shape index (κ1) is 14.9. The van der Waals surface area contributed by atoms with Gasteiger partial charge in [-0.1, -0.05) is 42.0 Å². The highest BCUT2D eigenvalue weighted by Crippen LogP contribution is 2.44. The number of ether oxygens (including phenoxy) is 1. The highest BCUT2D eigenvalue weighted by atomic mass is 32.2. The molecule has 0 amide bonds. The second-order valence-electron chi connectivity index (χ2n) is 5.27. The third kappa shape index (κ3) is 4.21. The lowest BCUT2D eigenvalue weighted by atomic mass is 10.2. The number of thioether (sulfide) groups is 2. The summed E-state index contributed by atoms with van der Waals surface area (Å²) in [5.41, 5.74) is 3.88. The van der Waals surface area contributed by atoms with E-state index in [9.17, 15) is 0 Å². The molecule has 0 bridgehead atoms. The molecule has 1 aliphatic heterocycles. The van der Waals surface area contributed by atoms with Crippen molar-refractivity contribution in [3.8, 4) is 5.75 Å². The highest BCUT2D eigenvalue weighted by molar-refractivity contribution is 8.16. The van der Waals surface area contributed by atoms with E-state index in [1.807, 2.05) is 23.5 Å². The molecule has 2 aromatic carbocycles. The van der Waals surface area contributed by atoms with Crippen LogP contribution < -0.4 is 4.74 Å². The van der Waals surface area contributed by atoms with Crippen molar-refractivity contribution in [1.29, 1.82) is 0 Å². The fourth-order valence-corrected chi connectivity index (χ4v) is 5.16. The van der Waals surface area contributed by atoms with Gasteiger partial charge in [0.05, 0.1) is 4.58 Å². The van der Waals surface area contributed by atoms with E-state index >= 15 is 0 Å². The maximum atomic E-state index is 5.94. The Morgan fingerprint density at radius 1 is 1.05 bits per heavy atom. The SMILES string of the molecule is Cc1ccc(COc2cccc(C3SCCCS3)c2)cc1. The van der Waals surface area contributed by atoms with E-state index in [1.165, 1.54) is 34.6 Å². The van der Waals surface area contributed by atoms with Crippen LogP contribution >= 0.6 is 23.5 Å². The third-order valence-electron chi connectivity index (χ3n) is 3.48. The van der Waals surface area contributed by atoms with Gasteiger partial charge in [0, 0.05) is 0 Å². The summed E-state index contributed by atoms with van der Waals surface area (Å²) in [6.45, 7) is 2.74. The molecule has 1 saturated heterocycles. The maximum Gasteiger partial charge on any atom is 0.120 e. The predicted octanol–water partition coefficient (Wildman–Crippen LogP) is 5.44. The molecule has 3 heteroatoms. The van der Waals surface area contributed by atoms with Crippen LogP contribution in [0.2, 0.25) is 0 Å². The molecule has 0 aliphatic carbocycles. The van der Waals surface area contributed by atoms with Crippen molar-refractivity contribution < 1.29 is 4.74 Å². The average Bonchev–Trinajstić information content (AvgIpc) is 2.55. The summed E-state index contributed by atoms with van der Waals surface area (Å²) in [4.78, 5) is 0. The van der Waals surface area contributed by atoms with Gasteiger partial charge >= 0.3 is 0 Å². The van der Waals surface area contributed by atoms with Gasteiger partial charge in [-0.25, -0.2) is 0 Å². The molecule has 0 aromatic heterocycles. The Balaban J connectivity index is 1.64. The number of aryl methyl sites for hydroxylation is 1. The van der Waals surface area contributed by atoms with Gasteiger partial charge in [0.25, 0.3) is 0 Å². The summed E-state index contributed by atoms with van der Waals surface area (Å²) in [7, 11) is 0. The van der Waals surface area contributed by atoms with E-state index in [0.717, 1.165) is 5.75 Å². The van der Waals surface area contributed by atoms with Crippen LogP contribution in [0.5, 0.6) is 5.75 Å². The molecule has 21 heavy (non-hydrogen) atoms. The lowest BCUT2D eigenvalue weighted by Gasteiger charge is -2.21. The largest absolute Gasteiger partial charge is 0.489 e. The van der Waals surface area contributed by atoms with Crippen LogP contribution in [-0.4, -0.2) is 11.5 Å². The molecule has 0 unspecified atom stereocenters. The lowest BCUT2D eigenvalue weighted by molar-refractivity contribution is 0.306. The van der Waals surface area contributed by atoms with Crippen molar-refractivity contribution in [2.75, 3.05) is 11.5 Å². The maximum absolute atomic E-state index is 5.94. The topological polar surface area (TPSA) is 9.23 Å². The summed E-state index contributed by atoms with van der Waals surface area (Å²) < 4.78 is 6.52. The Morgan fingerprint density at radius 2 is 1.81 bits per heavy atom. The van der Waals surface area contributed by atoms with E-state index in [-0.39, 0.29) is 0 Å². The first-order valence-corrected chi connectivity index (χ1v) is 9.42. The van der Waals surface area contributed by atoms with Crippen molar-refractivity contribution in [2.24, 2.45) is 0 Å². The van der Waals surface area contributed by atoms with Gasteiger partial charge < -0.3 is 4.74 Å². The van der Waals surface area contributed by atoms with E-state index in [1.54, 1.807) is 0 Å². The van der Waals surface area contributed by atoms with Crippen molar-refractivity contribution in [1.82, 2.24) is 0 Å². The normalized spacial score (nSPS) is 15.9. The molecule has 2 aromatic rings. The molecule has 1 nitrogen and oxygen atoms in total. The predicted molar refractivity (Wildman–Crippen MR) is 94.2 cm³/mol. The van der Waals surface area contributed by atoms with E-state index < -0.39 is 0 Å². The standard InChI is InChI=1S/C18H20OS2/c1-14-6-8-15(9-7-14)13-19-17-5-2-4-16(12-17)18-20-10-3-11-21-18/h2,4-9,12,18H,3,10-11,13H2,1H3. The van der Waals surface area contributed by atoms with Crippen molar-refractivity contribution >= 4 is 23.5 Å². The molecule has 1 fully saturated rings. The number of benzene rings is 2. The second-order valence-corrected chi connectivity index (χ2v) is 8.00. The van der Waals surface area contributed by atoms with Crippen molar-refractivity contribution in [3.05, 3.63) is 65.2 Å². The monoisotopic (exact) mass is 316 g/mol. The second kappa shape index (κ2) is 7.28. The van der Waals surface area contributed by atoms with Gasteiger partial charge in [0.2, 0.25) is 0 Å². The molecule has 1 heterocycles. The lowest BCUT2D eigenvalue weighted by Crippen LogP contribution is -2.01. The molecule has 0 atom stereocenters. The van der Waals surface area contributed by atoms with Gasteiger partial charge in [0.1, 0.15) is 12.4 Å². The summed E-state index contributed by atoms with van der Waals surface area (Å²) in [6.07, 6.45) is 1.33. The molecule has 0 saturated carbocycles. The molecule has 0 N–H and O–H groups in total. The van der Waals surface area contributed by atoms with E-state index in [4.69, 9.17) is 4.74 Å². The zero-order valence-corrected chi connectivity index (χ0v) is 13.9. The summed E-state index contributed by atoms with van der Waals surface area (Å²) in [5, 5.41) is 0. The van der Waals surface area contributed by atoms with Crippen molar-refractivity contribution in [2.45, 2.75) is 24.5 Å². The Kier molecular flexibility index (Phi) is 5.15. The van der Waals surface area contributed by atoms with Gasteiger partial charge in [-0.15, -0.1) is 23.5 Å². The summed E-state index contributed by atoms with van der Waals surface area (Å²) in [6, 6.07) is 17.1. The quantitative estimate of drug-likeness (QED) is 0.743. The molecule has 3 rings (SSSR count). The number of hydrogen-bond acceptors (Lipinski definition) is 3. The van der Waals surface area contributed by atoms with Gasteiger partial charge in [-0.05, 0) is 48.1 Å². The minimum Gasteiger partial charge on any atom is -0.489 e. The Bertz CT molecular complexity index is 574. The average molecular weight is 316 g/mol. The van der Waals surface area contributed by atoms with Crippen LogP contribution in [0.15, 0.2) is 48.5 Å². The molecule has 0 radical (unpaired) electrons. The molecular formula is C18H20OS2. The summed E-state index contributed by atoms with van der Waals surface area (Å²) in [5.74, 6) is 3.51. The van der Waals surface area contributed by atoms with Crippen LogP contribution in [0.25, 0.3) is 0 Å². The Hall–Kier alpha value is -1.06. The van der Waals surface area contributed by atoms with Crippen LogP contribution in [0.4, 0.5) is 0 Å². The zero-order chi connectivity index (χ0) is 14.5. The van der Waals surface area contributed by atoms with E-state index in [0.29, 0.717) is 11.2 Å². The fraction of sp³-hybridized carbons (Fsp3) is 0.333.